The molecule has 0 bridgehead atoms. The maximum absolute atomic E-state index is 12.0. The number of amides is 2. The zero-order valence-corrected chi connectivity index (χ0v) is 13.8. The van der Waals surface area contributed by atoms with E-state index in [1.54, 1.807) is 12.1 Å². The topological polar surface area (TPSA) is 70.2 Å². The van der Waals surface area contributed by atoms with E-state index in [0.29, 0.717) is 36.9 Å². The van der Waals surface area contributed by atoms with Crippen LogP contribution in [0.3, 0.4) is 0 Å². The van der Waals surface area contributed by atoms with Crippen molar-refractivity contribution in [1.29, 1.82) is 0 Å². The van der Waals surface area contributed by atoms with Crippen molar-refractivity contribution >= 4 is 11.8 Å². The predicted molar refractivity (Wildman–Crippen MR) is 91.2 cm³/mol. The highest BCUT2D eigenvalue weighted by Crippen LogP contribution is 2.22. The van der Waals surface area contributed by atoms with Crippen LogP contribution in [0.5, 0.6) is 0 Å². The molecular formula is C18H27N3O2. The van der Waals surface area contributed by atoms with Crippen molar-refractivity contribution in [3.8, 4) is 0 Å². The van der Waals surface area contributed by atoms with E-state index >= 15 is 0 Å². The lowest BCUT2D eigenvalue weighted by Crippen LogP contribution is -2.37. The summed E-state index contributed by atoms with van der Waals surface area (Å²) in [6.07, 6.45) is 2.95. The van der Waals surface area contributed by atoms with Gasteiger partial charge in [0.15, 0.2) is 0 Å². The summed E-state index contributed by atoms with van der Waals surface area (Å²) >= 11 is 0. The number of nitrogens with one attached hydrogen (secondary N) is 3. The maximum Gasteiger partial charge on any atom is 0.251 e. The van der Waals surface area contributed by atoms with Gasteiger partial charge in [-0.3, -0.25) is 9.59 Å². The first-order valence-corrected chi connectivity index (χ1v) is 8.47. The molecule has 5 nitrogen and oxygen atoms in total. The summed E-state index contributed by atoms with van der Waals surface area (Å²) < 4.78 is 0. The van der Waals surface area contributed by atoms with Crippen LogP contribution in [0.1, 0.15) is 36.5 Å². The van der Waals surface area contributed by atoms with Crippen molar-refractivity contribution in [2.75, 3.05) is 26.2 Å². The normalized spacial score (nSPS) is 18.9. The van der Waals surface area contributed by atoms with Gasteiger partial charge in [0.1, 0.15) is 0 Å². The molecule has 1 aliphatic rings. The molecule has 3 N–H and O–H groups in total. The summed E-state index contributed by atoms with van der Waals surface area (Å²) in [6, 6.07) is 9.08. The van der Waals surface area contributed by atoms with Gasteiger partial charge in [-0.05, 0) is 49.9 Å². The maximum atomic E-state index is 12.0. The van der Waals surface area contributed by atoms with Crippen LogP contribution in [-0.2, 0) is 4.79 Å². The van der Waals surface area contributed by atoms with Gasteiger partial charge in [-0.1, -0.05) is 25.1 Å². The summed E-state index contributed by atoms with van der Waals surface area (Å²) in [5.74, 6) is 0.938. The Labute approximate surface area is 138 Å². The Morgan fingerprint density at radius 3 is 2.65 bits per heavy atom. The number of piperidine rings is 1. The van der Waals surface area contributed by atoms with Crippen LogP contribution in [-0.4, -0.2) is 38.0 Å². The molecule has 1 heterocycles. The molecular weight excluding hydrogens is 290 g/mol. The Hall–Kier alpha value is -1.88. The number of hydrogen-bond donors (Lipinski definition) is 3. The summed E-state index contributed by atoms with van der Waals surface area (Å²) in [5.41, 5.74) is 0.636. The first-order chi connectivity index (χ1) is 11.2. The molecule has 0 radical (unpaired) electrons. The fraction of sp³-hybridized carbons (Fsp3) is 0.556. The molecule has 0 spiro atoms. The van der Waals surface area contributed by atoms with Gasteiger partial charge >= 0.3 is 0 Å². The minimum atomic E-state index is -0.110. The van der Waals surface area contributed by atoms with Crippen molar-refractivity contribution in [1.82, 2.24) is 16.0 Å². The number of carbonyl (C=O) groups excluding carboxylic acids is 2. The summed E-state index contributed by atoms with van der Waals surface area (Å²) in [5, 5.41) is 9.08. The zero-order valence-electron chi connectivity index (χ0n) is 13.8. The molecule has 1 fully saturated rings. The molecule has 2 atom stereocenters. The van der Waals surface area contributed by atoms with Crippen LogP contribution < -0.4 is 16.0 Å². The Bertz CT molecular complexity index is 498. The second-order valence-corrected chi connectivity index (χ2v) is 6.26. The molecule has 1 aromatic rings. The second kappa shape index (κ2) is 9.30. The molecule has 2 rings (SSSR count). The molecule has 2 amide bonds. The average Bonchev–Trinajstić information content (AvgIpc) is 2.60. The lowest BCUT2D eigenvalue weighted by atomic mass is 9.85. The number of hydrogen-bond acceptors (Lipinski definition) is 3. The van der Waals surface area contributed by atoms with Gasteiger partial charge in [-0.2, -0.15) is 0 Å². The fourth-order valence-electron chi connectivity index (χ4n) is 2.97. The molecule has 126 valence electrons. The quantitative estimate of drug-likeness (QED) is 0.668. The highest BCUT2D eigenvalue weighted by molar-refractivity contribution is 5.94. The fourth-order valence-corrected chi connectivity index (χ4v) is 2.97. The van der Waals surface area contributed by atoms with E-state index in [1.807, 2.05) is 18.2 Å². The molecule has 0 saturated carbocycles. The summed E-state index contributed by atoms with van der Waals surface area (Å²) in [4.78, 5) is 23.8. The smallest absolute Gasteiger partial charge is 0.251 e. The molecule has 1 aliphatic heterocycles. The molecule has 1 aromatic carbocycles. The Morgan fingerprint density at radius 2 is 1.96 bits per heavy atom. The van der Waals surface area contributed by atoms with Crippen LogP contribution in [0.2, 0.25) is 0 Å². The van der Waals surface area contributed by atoms with Crippen LogP contribution in [0, 0.1) is 11.8 Å². The van der Waals surface area contributed by atoms with Crippen LogP contribution in [0.15, 0.2) is 30.3 Å². The molecule has 0 aromatic heterocycles. The minimum Gasteiger partial charge on any atom is -0.354 e. The third kappa shape index (κ3) is 6.02. The van der Waals surface area contributed by atoms with Crippen LogP contribution in [0.25, 0.3) is 0 Å². The highest BCUT2D eigenvalue weighted by Gasteiger charge is 2.21. The standard InChI is InChI=1S/C18H27N3O2/c1-14(16-8-5-9-19-13-16)12-17(22)20-10-11-21-18(23)15-6-3-2-4-7-15/h2-4,6-7,14,16,19H,5,8-13H2,1H3,(H,20,22)(H,21,23). The molecule has 0 aliphatic carbocycles. The largest absolute Gasteiger partial charge is 0.354 e. The zero-order chi connectivity index (χ0) is 16.5. The van der Waals surface area contributed by atoms with Gasteiger partial charge in [0, 0.05) is 25.1 Å². The minimum absolute atomic E-state index is 0.0667. The van der Waals surface area contributed by atoms with Crippen LogP contribution >= 0.6 is 0 Å². The Balaban J connectivity index is 1.60. The number of rotatable bonds is 7. The number of benzene rings is 1. The van der Waals surface area contributed by atoms with Crippen molar-refractivity contribution in [3.63, 3.8) is 0 Å². The van der Waals surface area contributed by atoms with E-state index in [0.717, 1.165) is 13.1 Å². The average molecular weight is 317 g/mol. The highest BCUT2D eigenvalue weighted by atomic mass is 16.2. The van der Waals surface area contributed by atoms with Gasteiger partial charge in [-0.25, -0.2) is 0 Å². The third-order valence-corrected chi connectivity index (χ3v) is 4.42. The summed E-state index contributed by atoms with van der Waals surface area (Å²) in [7, 11) is 0. The van der Waals surface area contributed by atoms with Gasteiger partial charge in [-0.15, -0.1) is 0 Å². The Kier molecular flexibility index (Phi) is 7.07. The van der Waals surface area contributed by atoms with Crippen molar-refractivity contribution in [2.24, 2.45) is 11.8 Å². The second-order valence-electron chi connectivity index (χ2n) is 6.26. The van der Waals surface area contributed by atoms with Gasteiger partial charge < -0.3 is 16.0 Å². The van der Waals surface area contributed by atoms with Crippen molar-refractivity contribution < 1.29 is 9.59 Å². The predicted octanol–water partition coefficient (Wildman–Crippen LogP) is 1.56. The SMILES string of the molecule is CC(CC(=O)NCCNC(=O)c1ccccc1)C1CCCNC1. The van der Waals surface area contributed by atoms with Crippen molar-refractivity contribution in [3.05, 3.63) is 35.9 Å². The monoisotopic (exact) mass is 317 g/mol. The lowest BCUT2D eigenvalue weighted by Gasteiger charge is -2.28. The van der Waals surface area contributed by atoms with E-state index in [2.05, 4.69) is 22.9 Å². The Morgan fingerprint density at radius 1 is 1.22 bits per heavy atom. The van der Waals surface area contributed by atoms with Crippen LogP contribution in [0.4, 0.5) is 0 Å². The molecule has 23 heavy (non-hydrogen) atoms. The van der Waals surface area contributed by atoms with Gasteiger partial charge in [0.05, 0.1) is 0 Å². The van der Waals surface area contributed by atoms with Crippen molar-refractivity contribution in [2.45, 2.75) is 26.2 Å². The first kappa shape index (κ1) is 17.5. The lowest BCUT2D eigenvalue weighted by molar-refractivity contribution is -0.122. The molecule has 5 heteroatoms. The van der Waals surface area contributed by atoms with Gasteiger partial charge in [0.25, 0.3) is 5.91 Å². The third-order valence-electron chi connectivity index (χ3n) is 4.42. The van der Waals surface area contributed by atoms with Gasteiger partial charge in [0.2, 0.25) is 5.91 Å². The molecule has 2 unspecified atom stereocenters. The first-order valence-electron chi connectivity index (χ1n) is 8.47. The van der Waals surface area contributed by atoms with E-state index in [4.69, 9.17) is 0 Å². The van der Waals surface area contributed by atoms with E-state index in [-0.39, 0.29) is 11.8 Å². The summed E-state index contributed by atoms with van der Waals surface area (Å²) in [6.45, 7) is 5.17. The van der Waals surface area contributed by atoms with E-state index in [9.17, 15) is 9.59 Å². The van der Waals surface area contributed by atoms with E-state index in [1.165, 1.54) is 12.8 Å². The van der Waals surface area contributed by atoms with E-state index < -0.39 is 0 Å². The molecule has 1 saturated heterocycles. The number of carbonyl (C=O) groups is 2.